The Kier molecular flexibility index (Phi) is 5.37. The summed E-state index contributed by atoms with van der Waals surface area (Å²) in [5.41, 5.74) is 0.880. The highest BCUT2D eigenvalue weighted by Crippen LogP contribution is 1.98. The third-order valence-corrected chi connectivity index (χ3v) is 1.75. The molecule has 0 radical (unpaired) electrons. The number of aliphatic imine (C=N–C) groups is 1. The van der Waals surface area contributed by atoms with Gasteiger partial charge in [0, 0.05) is 19.9 Å². The monoisotopic (exact) mass is 170 g/mol. The van der Waals surface area contributed by atoms with Crippen LogP contribution in [0.1, 0.15) is 20.3 Å². The number of ether oxygens (including phenoxy) is 1. The van der Waals surface area contributed by atoms with Gasteiger partial charge in [0.05, 0.1) is 6.34 Å². The van der Waals surface area contributed by atoms with Gasteiger partial charge in [0.2, 0.25) is 0 Å². The average molecular weight is 170 g/mol. The average Bonchev–Trinajstić information content (AvgIpc) is 2.11. The lowest BCUT2D eigenvalue weighted by molar-refractivity contribution is 0.0377. The zero-order valence-electron chi connectivity index (χ0n) is 8.37. The number of hydrogen-bond donors (Lipinski definition) is 0. The molecule has 0 spiro atoms. The molecule has 0 saturated heterocycles. The summed E-state index contributed by atoms with van der Waals surface area (Å²) in [7, 11) is 3.59. The van der Waals surface area contributed by atoms with Crippen molar-refractivity contribution in [3.8, 4) is 0 Å². The first-order valence-corrected chi connectivity index (χ1v) is 4.08. The Morgan fingerprint density at radius 1 is 1.75 bits per heavy atom. The SMILES string of the molecule is C=C(CC)/N=C\N(C)C(C)OC. The Morgan fingerprint density at radius 2 is 2.33 bits per heavy atom. The van der Waals surface area contributed by atoms with Crippen LogP contribution in [-0.4, -0.2) is 31.6 Å². The van der Waals surface area contributed by atoms with Gasteiger partial charge in [-0.3, -0.25) is 0 Å². The van der Waals surface area contributed by atoms with Crippen molar-refractivity contribution in [2.75, 3.05) is 14.2 Å². The summed E-state index contributed by atoms with van der Waals surface area (Å²) in [6.45, 7) is 7.75. The van der Waals surface area contributed by atoms with Gasteiger partial charge in [0.25, 0.3) is 0 Å². The third kappa shape index (κ3) is 4.13. The van der Waals surface area contributed by atoms with Crippen LogP contribution >= 0.6 is 0 Å². The fraction of sp³-hybridized carbons (Fsp3) is 0.667. The lowest BCUT2D eigenvalue weighted by atomic mass is 10.4. The maximum Gasteiger partial charge on any atom is 0.127 e. The Morgan fingerprint density at radius 3 is 2.75 bits per heavy atom. The molecule has 0 bridgehead atoms. The second-order valence-electron chi connectivity index (χ2n) is 2.66. The van der Waals surface area contributed by atoms with Gasteiger partial charge in [-0.25, -0.2) is 4.99 Å². The van der Waals surface area contributed by atoms with E-state index in [1.54, 1.807) is 13.4 Å². The predicted molar refractivity (Wildman–Crippen MR) is 52.2 cm³/mol. The van der Waals surface area contributed by atoms with Crippen molar-refractivity contribution < 1.29 is 4.74 Å². The van der Waals surface area contributed by atoms with Gasteiger partial charge in [-0.2, -0.15) is 0 Å². The molecule has 1 unspecified atom stereocenters. The van der Waals surface area contributed by atoms with E-state index in [1.807, 2.05) is 25.8 Å². The van der Waals surface area contributed by atoms with Crippen molar-refractivity contribution in [2.24, 2.45) is 4.99 Å². The smallest absolute Gasteiger partial charge is 0.127 e. The van der Waals surface area contributed by atoms with Gasteiger partial charge in [-0.1, -0.05) is 13.5 Å². The van der Waals surface area contributed by atoms with E-state index in [9.17, 15) is 0 Å². The molecular weight excluding hydrogens is 152 g/mol. The first kappa shape index (κ1) is 11.2. The van der Waals surface area contributed by atoms with E-state index in [4.69, 9.17) is 4.74 Å². The largest absolute Gasteiger partial charge is 0.362 e. The minimum absolute atomic E-state index is 0.0541. The van der Waals surface area contributed by atoms with E-state index >= 15 is 0 Å². The molecule has 0 aliphatic carbocycles. The van der Waals surface area contributed by atoms with Crippen LogP contribution in [0, 0.1) is 0 Å². The number of allylic oxidation sites excluding steroid dienone is 1. The Balaban J connectivity index is 3.90. The first-order chi connectivity index (χ1) is 5.61. The lowest BCUT2D eigenvalue weighted by Crippen LogP contribution is -2.29. The highest BCUT2D eigenvalue weighted by Gasteiger charge is 2.01. The molecule has 0 aliphatic heterocycles. The summed E-state index contributed by atoms with van der Waals surface area (Å²) >= 11 is 0. The molecule has 0 aromatic carbocycles. The minimum atomic E-state index is 0.0541. The van der Waals surface area contributed by atoms with Crippen LogP contribution < -0.4 is 0 Å². The van der Waals surface area contributed by atoms with Crippen molar-refractivity contribution in [1.82, 2.24) is 4.90 Å². The second-order valence-corrected chi connectivity index (χ2v) is 2.66. The van der Waals surface area contributed by atoms with Crippen LogP contribution in [0.3, 0.4) is 0 Å². The molecule has 1 atom stereocenters. The number of hydrogen-bond acceptors (Lipinski definition) is 2. The molecule has 0 heterocycles. The highest BCUT2D eigenvalue weighted by molar-refractivity contribution is 5.56. The third-order valence-electron chi connectivity index (χ3n) is 1.75. The minimum Gasteiger partial charge on any atom is -0.362 e. The van der Waals surface area contributed by atoms with Gasteiger partial charge in [0.1, 0.15) is 6.23 Å². The molecule has 12 heavy (non-hydrogen) atoms. The molecule has 70 valence electrons. The van der Waals surface area contributed by atoms with Gasteiger partial charge in [-0.15, -0.1) is 0 Å². The van der Waals surface area contributed by atoms with Crippen molar-refractivity contribution in [3.05, 3.63) is 12.3 Å². The van der Waals surface area contributed by atoms with Crippen molar-refractivity contribution in [3.63, 3.8) is 0 Å². The van der Waals surface area contributed by atoms with Crippen LogP contribution in [0.15, 0.2) is 17.3 Å². The van der Waals surface area contributed by atoms with Gasteiger partial charge >= 0.3 is 0 Å². The van der Waals surface area contributed by atoms with Crippen molar-refractivity contribution in [1.29, 1.82) is 0 Å². The molecule has 3 heteroatoms. The molecule has 0 fully saturated rings. The summed E-state index contributed by atoms with van der Waals surface area (Å²) < 4.78 is 5.08. The summed E-state index contributed by atoms with van der Waals surface area (Å²) in [6.07, 6.45) is 2.67. The van der Waals surface area contributed by atoms with E-state index in [0.717, 1.165) is 12.1 Å². The zero-order chi connectivity index (χ0) is 9.56. The zero-order valence-corrected chi connectivity index (χ0v) is 8.37. The Bertz CT molecular complexity index is 166. The van der Waals surface area contributed by atoms with Crippen LogP contribution in [0.4, 0.5) is 0 Å². The molecule has 0 saturated carbocycles. The molecule has 3 nitrogen and oxygen atoms in total. The topological polar surface area (TPSA) is 24.8 Å². The summed E-state index contributed by atoms with van der Waals surface area (Å²) in [5.74, 6) is 0. The molecule has 0 amide bonds. The fourth-order valence-corrected chi connectivity index (χ4v) is 0.524. The van der Waals surface area contributed by atoms with Crippen LogP contribution in [0.25, 0.3) is 0 Å². The molecule has 0 aromatic heterocycles. The van der Waals surface area contributed by atoms with E-state index in [-0.39, 0.29) is 6.23 Å². The quantitative estimate of drug-likeness (QED) is 0.357. The van der Waals surface area contributed by atoms with E-state index in [0.29, 0.717) is 0 Å². The maximum absolute atomic E-state index is 5.08. The predicted octanol–water partition coefficient (Wildman–Crippen LogP) is 1.86. The van der Waals surface area contributed by atoms with Gasteiger partial charge < -0.3 is 9.64 Å². The summed E-state index contributed by atoms with van der Waals surface area (Å²) in [6, 6.07) is 0. The number of nitrogens with zero attached hydrogens (tertiary/aromatic N) is 2. The summed E-state index contributed by atoms with van der Waals surface area (Å²) in [4.78, 5) is 6.03. The van der Waals surface area contributed by atoms with E-state index in [1.165, 1.54) is 0 Å². The molecule has 0 aliphatic rings. The van der Waals surface area contributed by atoms with Crippen LogP contribution in [0.2, 0.25) is 0 Å². The molecule has 0 aromatic rings. The summed E-state index contributed by atoms with van der Waals surface area (Å²) in [5, 5.41) is 0. The molecular formula is C9H18N2O. The molecule has 0 rings (SSSR count). The normalized spacial score (nSPS) is 13.3. The van der Waals surface area contributed by atoms with Crippen LogP contribution in [-0.2, 0) is 4.74 Å². The number of rotatable bonds is 5. The maximum atomic E-state index is 5.08. The first-order valence-electron chi connectivity index (χ1n) is 4.08. The lowest BCUT2D eigenvalue weighted by Gasteiger charge is -2.20. The van der Waals surface area contributed by atoms with Gasteiger partial charge in [0.15, 0.2) is 0 Å². The Labute approximate surface area is 74.7 Å². The molecule has 0 N–H and O–H groups in total. The standard InChI is InChI=1S/C9H18N2O/c1-6-8(2)10-7-11(4)9(3)12-5/h7,9H,2,6H2,1,3-5H3/b10-7-. The van der Waals surface area contributed by atoms with Gasteiger partial charge in [-0.05, 0) is 13.3 Å². The van der Waals surface area contributed by atoms with Crippen molar-refractivity contribution in [2.45, 2.75) is 26.5 Å². The fourth-order valence-electron chi connectivity index (χ4n) is 0.524. The van der Waals surface area contributed by atoms with Crippen LogP contribution in [0.5, 0.6) is 0 Å². The number of methoxy groups -OCH3 is 1. The highest BCUT2D eigenvalue weighted by atomic mass is 16.5. The second kappa shape index (κ2) is 5.77. The van der Waals surface area contributed by atoms with E-state index in [2.05, 4.69) is 11.6 Å². The Hall–Kier alpha value is -0.830. The van der Waals surface area contributed by atoms with E-state index < -0.39 is 0 Å². The van der Waals surface area contributed by atoms with Crippen molar-refractivity contribution >= 4 is 6.34 Å².